The molecular weight excluding hydrogens is 288 g/mol. The standard InChI is InChI=1S/C16H24N2O2.ClH/c1-12-5-6-13(2)14(11-12)15(19)7-8-16(20)18-10-4-9-17-3;/h5-6,11,17H,4,7-10H2,1-3H3,(H,18,20);1H. The van der Waals surface area contributed by atoms with Crippen molar-refractivity contribution in [1.82, 2.24) is 10.6 Å². The first-order valence-electron chi connectivity index (χ1n) is 7.06. The van der Waals surface area contributed by atoms with Crippen molar-refractivity contribution in [3.8, 4) is 0 Å². The monoisotopic (exact) mass is 312 g/mol. The van der Waals surface area contributed by atoms with Crippen LogP contribution in [-0.2, 0) is 4.79 Å². The Morgan fingerprint density at radius 3 is 2.48 bits per heavy atom. The Balaban J connectivity index is 0.00000400. The number of benzene rings is 1. The maximum atomic E-state index is 12.1. The molecule has 0 aliphatic heterocycles. The lowest BCUT2D eigenvalue weighted by Crippen LogP contribution is -2.26. The molecule has 21 heavy (non-hydrogen) atoms. The van der Waals surface area contributed by atoms with Crippen LogP contribution < -0.4 is 10.6 Å². The maximum absolute atomic E-state index is 12.1. The van der Waals surface area contributed by atoms with Crippen LogP contribution in [-0.4, -0.2) is 31.8 Å². The third-order valence-electron chi connectivity index (χ3n) is 3.20. The molecule has 0 aliphatic rings. The van der Waals surface area contributed by atoms with E-state index in [0.29, 0.717) is 6.54 Å². The van der Waals surface area contributed by atoms with Gasteiger partial charge < -0.3 is 10.6 Å². The van der Waals surface area contributed by atoms with Crippen LogP contribution in [0.2, 0.25) is 0 Å². The Bertz CT molecular complexity index is 475. The second-order valence-corrected chi connectivity index (χ2v) is 5.05. The van der Waals surface area contributed by atoms with Gasteiger partial charge in [-0.15, -0.1) is 12.4 Å². The zero-order valence-electron chi connectivity index (χ0n) is 13.0. The number of carbonyl (C=O) groups excluding carboxylic acids is 2. The van der Waals surface area contributed by atoms with E-state index in [2.05, 4.69) is 10.6 Å². The van der Waals surface area contributed by atoms with Crippen LogP contribution in [0, 0.1) is 13.8 Å². The molecule has 0 radical (unpaired) electrons. The molecule has 0 spiro atoms. The van der Waals surface area contributed by atoms with Crippen molar-refractivity contribution >= 4 is 24.1 Å². The van der Waals surface area contributed by atoms with Crippen LogP contribution in [0.15, 0.2) is 18.2 Å². The molecule has 118 valence electrons. The zero-order chi connectivity index (χ0) is 15.0. The molecule has 1 rings (SSSR count). The minimum absolute atomic E-state index is 0. The highest BCUT2D eigenvalue weighted by molar-refractivity contribution is 5.99. The first kappa shape index (κ1) is 19.6. The highest BCUT2D eigenvalue weighted by atomic mass is 35.5. The molecule has 4 nitrogen and oxygen atoms in total. The molecule has 0 saturated heterocycles. The van der Waals surface area contributed by atoms with Gasteiger partial charge >= 0.3 is 0 Å². The quantitative estimate of drug-likeness (QED) is 0.572. The summed E-state index contributed by atoms with van der Waals surface area (Å²) in [5, 5.41) is 5.84. The highest BCUT2D eigenvalue weighted by Crippen LogP contribution is 2.13. The molecule has 1 aromatic carbocycles. The predicted molar refractivity (Wildman–Crippen MR) is 88.3 cm³/mol. The Kier molecular flexibility index (Phi) is 9.67. The lowest BCUT2D eigenvalue weighted by Gasteiger charge is -2.07. The minimum Gasteiger partial charge on any atom is -0.356 e. The molecule has 0 fully saturated rings. The van der Waals surface area contributed by atoms with Crippen molar-refractivity contribution in [1.29, 1.82) is 0 Å². The van der Waals surface area contributed by atoms with Gasteiger partial charge in [-0.05, 0) is 45.5 Å². The van der Waals surface area contributed by atoms with Crippen LogP contribution in [0.4, 0.5) is 0 Å². The topological polar surface area (TPSA) is 58.2 Å². The number of rotatable bonds is 8. The smallest absolute Gasteiger partial charge is 0.220 e. The van der Waals surface area contributed by atoms with Gasteiger partial charge in [0.05, 0.1) is 0 Å². The molecule has 1 amide bonds. The average Bonchev–Trinajstić information content (AvgIpc) is 2.43. The van der Waals surface area contributed by atoms with E-state index in [1.807, 2.05) is 39.1 Å². The third-order valence-corrected chi connectivity index (χ3v) is 3.20. The molecule has 1 aromatic rings. The fraction of sp³-hybridized carbons (Fsp3) is 0.500. The van der Waals surface area contributed by atoms with Crippen molar-refractivity contribution in [2.24, 2.45) is 0 Å². The van der Waals surface area contributed by atoms with Crippen molar-refractivity contribution in [2.45, 2.75) is 33.1 Å². The summed E-state index contributed by atoms with van der Waals surface area (Å²) in [6, 6.07) is 5.82. The Morgan fingerprint density at radius 2 is 1.81 bits per heavy atom. The summed E-state index contributed by atoms with van der Waals surface area (Å²) in [5.41, 5.74) is 2.76. The second-order valence-electron chi connectivity index (χ2n) is 5.05. The fourth-order valence-corrected chi connectivity index (χ4v) is 1.98. The average molecular weight is 313 g/mol. The molecule has 2 N–H and O–H groups in total. The first-order chi connectivity index (χ1) is 9.54. The Hall–Kier alpha value is -1.39. The number of carbonyl (C=O) groups is 2. The summed E-state index contributed by atoms with van der Waals surface area (Å²) in [7, 11) is 1.88. The lowest BCUT2D eigenvalue weighted by molar-refractivity contribution is -0.121. The van der Waals surface area contributed by atoms with Crippen LogP contribution >= 0.6 is 12.4 Å². The number of aryl methyl sites for hydroxylation is 2. The van der Waals surface area contributed by atoms with Crippen LogP contribution in [0.1, 0.15) is 40.7 Å². The van der Waals surface area contributed by atoms with E-state index in [-0.39, 0.29) is 36.9 Å². The SMILES string of the molecule is CNCCCNC(=O)CCC(=O)c1cc(C)ccc1C.Cl. The van der Waals surface area contributed by atoms with Gasteiger partial charge in [-0.1, -0.05) is 17.7 Å². The molecule has 0 aromatic heterocycles. The number of Topliss-reactive ketones (excluding diaryl/α,β-unsaturated/α-hetero) is 1. The van der Waals surface area contributed by atoms with E-state index in [9.17, 15) is 9.59 Å². The molecule has 0 heterocycles. The summed E-state index contributed by atoms with van der Waals surface area (Å²) in [6.45, 7) is 5.41. The molecule has 0 saturated carbocycles. The van der Waals surface area contributed by atoms with Gasteiger partial charge in [-0.25, -0.2) is 0 Å². The largest absolute Gasteiger partial charge is 0.356 e. The summed E-state index contributed by atoms with van der Waals surface area (Å²) in [4.78, 5) is 23.7. The third kappa shape index (κ3) is 7.25. The van der Waals surface area contributed by atoms with E-state index < -0.39 is 0 Å². The Morgan fingerprint density at radius 1 is 1.10 bits per heavy atom. The van der Waals surface area contributed by atoms with Gasteiger partial charge in [0.2, 0.25) is 5.91 Å². The number of halogens is 1. The van der Waals surface area contributed by atoms with Gasteiger partial charge in [0.1, 0.15) is 0 Å². The highest BCUT2D eigenvalue weighted by Gasteiger charge is 2.11. The number of nitrogens with one attached hydrogen (secondary N) is 2. The van der Waals surface area contributed by atoms with Gasteiger partial charge in [-0.2, -0.15) is 0 Å². The first-order valence-corrected chi connectivity index (χ1v) is 7.06. The van der Waals surface area contributed by atoms with Gasteiger partial charge in [0.25, 0.3) is 0 Å². The van der Waals surface area contributed by atoms with Crippen LogP contribution in [0.5, 0.6) is 0 Å². The lowest BCUT2D eigenvalue weighted by atomic mass is 9.99. The number of amides is 1. The number of ketones is 1. The summed E-state index contributed by atoms with van der Waals surface area (Å²) < 4.78 is 0. The predicted octanol–water partition coefficient (Wildman–Crippen LogP) is 2.41. The fourth-order valence-electron chi connectivity index (χ4n) is 1.98. The van der Waals surface area contributed by atoms with E-state index in [1.165, 1.54) is 0 Å². The molecule has 0 atom stereocenters. The number of hydrogen-bond donors (Lipinski definition) is 2. The van der Waals surface area contributed by atoms with Crippen LogP contribution in [0.3, 0.4) is 0 Å². The molecule has 0 bridgehead atoms. The molecule has 0 aliphatic carbocycles. The normalized spacial score (nSPS) is 9.86. The van der Waals surface area contributed by atoms with E-state index >= 15 is 0 Å². The van der Waals surface area contributed by atoms with Gasteiger partial charge in [0, 0.05) is 24.9 Å². The molecule has 0 unspecified atom stereocenters. The minimum atomic E-state index is -0.0558. The molecule has 5 heteroatoms. The van der Waals surface area contributed by atoms with E-state index in [4.69, 9.17) is 0 Å². The second kappa shape index (κ2) is 10.4. The van der Waals surface area contributed by atoms with Crippen molar-refractivity contribution in [3.05, 3.63) is 34.9 Å². The Labute approximate surface area is 133 Å². The van der Waals surface area contributed by atoms with Crippen molar-refractivity contribution in [2.75, 3.05) is 20.1 Å². The summed E-state index contributed by atoms with van der Waals surface area (Å²) in [5.74, 6) is -0.0173. The summed E-state index contributed by atoms with van der Waals surface area (Å²) >= 11 is 0. The van der Waals surface area contributed by atoms with E-state index in [0.717, 1.165) is 29.7 Å². The maximum Gasteiger partial charge on any atom is 0.220 e. The zero-order valence-corrected chi connectivity index (χ0v) is 13.8. The van der Waals surface area contributed by atoms with Crippen LogP contribution in [0.25, 0.3) is 0 Å². The van der Waals surface area contributed by atoms with Gasteiger partial charge in [-0.3, -0.25) is 9.59 Å². The van der Waals surface area contributed by atoms with Gasteiger partial charge in [0.15, 0.2) is 5.78 Å². The van der Waals surface area contributed by atoms with Crippen molar-refractivity contribution in [3.63, 3.8) is 0 Å². The molecular formula is C16H25ClN2O2. The van der Waals surface area contributed by atoms with Crippen molar-refractivity contribution < 1.29 is 9.59 Å². The van der Waals surface area contributed by atoms with E-state index in [1.54, 1.807) is 0 Å². The summed E-state index contributed by atoms with van der Waals surface area (Å²) in [6.07, 6.45) is 1.42. The number of hydrogen-bond acceptors (Lipinski definition) is 3.